The van der Waals surface area contributed by atoms with Gasteiger partial charge in [0.1, 0.15) is 0 Å². The molecule has 0 bridgehead atoms. The molecule has 0 aromatic heterocycles. The third kappa shape index (κ3) is 8.81. The van der Waals surface area contributed by atoms with E-state index < -0.39 is 0 Å². The van der Waals surface area contributed by atoms with Crippen LogP contribution in [-0.4, -0.2) is 74.5 Å². The Morgan fingerprint density at radius 2 is 1.37 bits per heavy atom. The number of ether oxygens (including phenoxy) is 2. The van der Waals surface area contributed by atoms with E-state index >= 15 is 0 Å². The van der Waals surface area contributed by atoms with Crippen molar-refractivity contribution in [1.29, 1.82) is 0 Å². The first-order chi connectivity index (χ1) is 12.2. The van der Waals surface area contributed by atoms with Crippen LogP contribution in [0.15, 0.2) is 0 Å². The quantitative estimate of drug-likeness (QED) is 0.546. The molecule has 4 heteroatoms. The van der Waals surface area contributed by atoms with Crippen molar-refractivity contribution in [2.45, 2.75) is 85.8 Å². The van der Waals surface area contributed by atoms with E-state index in [9.17, 15) is 0 Å². The summed E-state index contributed by atoms with van der Waals surface area (Å²) in [5.41, 5.74) is 0.602. The second-order valence-electron chi connectivity index (χ2n) is 11.5. The van der Waals surface area contributed by atoms with Gasteiger partial charge >= 0.3 is 0 Å². The zero-order chi connectivity index (χ0) is 20.9. The molecule has 0 saturated carbocycles. The minimum Gasteiger partial charge on any atom is -0.384 e. The number of nitrogens with zero attached hydrogens (tertiary/aromatic N) is 2. The van der Waals surface area contributed by atoms with Gasteiger partial charge in [0.15, 0.2) is 0 Å². The molecule has 0 radical (unpaired) electrons. The topological polar surface area (TPSA) is 24.9 Å². The van der Waals surface area contributed by atoms with Gasteiger partial charge in [0, 0.05) is 39.4 Å². The van der Waals surface area contributed by atoms with E-state index in [-0.39, 0.29) is 22.0 Å². The fourth-order valence-electron chi connectivity index (χ4n) is 5.34. The molecule has 27 heavy (non-hydrogen) atoms. The Bertz CT molecular complexity index is 444. The van der Waals surface area contributed by atoms with Crippen LogP contribution in [0.5, 0.6) is 0 Å². The average Bonchev–Trinajstić information content (AvgIpc) is 2.70. The fourth-order valence-corrected chi connectivity index (χ4v) is 5.34. The van der Waals surface area contributed by atoms with Gasteiger partial charge in [0.2, 0.25) is 0 Å². The molecule has 1 aliphatic heterocycles. The molecule has 0 atom stereocenters. The van der Waals surface area contributed by atoms with Crippen LogP contribution in [0.3, 0.4) is 0 Å². The van der Waals surface area contributed by atoms with E-state index in [4.69, 9.17) is 9.47 Å². The maximum atomic E-state index is 5.68. The largest absolute Gasteiger partial charge is 0.384 e. The monoisotopic (exact) mass is 384 g/mol. The van der Waals surface area contributed by atoms with E-state index in [2.05, 4.69) is 65.2 Å². The number of hydrogen-bond donors (Lipinski definition) is 0. The lowest BCUT2D eigenvalue weighted by Crippen LogP contribution is -2.49. The number of rotatable bonds is 10. The Morgan fingerprint density at radius 1 is 0.741 bits per heavy atom. The second kappa shape index (κ2) is 9.56. The van der Waals surface area contributed by atoms with Crippen LogP contribution in [0.25, 0.3) is 0 Å². The van der Waals surface area contributed by atoms with Crippen molar-refractivity contribution < 1.29 is 9.47 Å². The highest BCUT2D eigenvalue weighted by atomic mass is 16.5. The van der Waals surface area contributed by atoms with Gasteiger partial charge in [-0.25, -0.2) is 0 Å². The van der Waals surface area contributed by atoms with Crippen LogP contribution in [0, 0.1) is 10.8 Å². The molecule has 1 rings (SSSR count). The molecular formula is C23H48N2O2. The maximum absolute atomic E-state index is 5.68. The van der Waals surface area contributed by atoms with Crippen molar-refractivity contribution in [1.82, 2.24) is 9.80 Å². The van der Waals surface area contributed by atoms with Gasteiger partial charge < -0.3 is 14.4 Å². The van der Waals surface area contributed by atoms with Crippen LogP contribution in [0.2, 0.25) is 0 Å². The van der Waals surface area contributed by atoms with Gasteiger partial charge in [-0.1, -0.05) is 27.7 Å². The Labute approximate surface area is 170 Å². The van der Waals surface area contributed by atoms with Crippen molar-refractivity contribution in [3.63, 3.8) is 0 Å². The smallest absolute Gasteiger partial charge is 0.0628 e. The first-order valence-electron chi connectivity index (χ1n) is 10.7. The molecule has 1 heterocycles. The Hall–Kier alpha value is -0.160. The van der Waals surface area contributed by atoms with Crippen LogP contribution >= 0.6 is 0 Å². The van der Waals surface area contributed by atoms with E-state index in [1.54, 1.807) is 0 Å². The molecule has 1 aliphatic rings. The zero-order valence-electron chi connectivity index (χ0n) is 20.1. The van der Waals surface area contributed by atoms with Crippen molar-refractivity contribution >= 4 is 0 Å². The summed E-state index contributed by atoms with van der Waals surface area (Å²) in [5, 5.41) is 0. The van der Waals surface area contributed by atoms with Gasteiger partial charge in [-0.05, 0) is 70.9 Å². The van der Waals surface area contributed by atoms with Gasteiger partial charge in [-0.2, -0.15) is 0 Å². The van der Waals surface area contributed by atoms with E-state index in [1.807, 2.05) is 14.2 Å². The molecule has 0 unspecified atom stereocenters. The molecule has 1 fully saturated rings. The summed E-state index contributed by atoms with van der Waals surface area (Å²) in [6.45, 7) is 25.3. The molecular weight excluding hydrogens is 336 g/mol. The fraction of sp³-hybridized carbons (Fsp3) is 1.00. The average molecular weight is 385 g/mol. The van der Waals surface area contributed by atoms with E-state index in [1.165, 1.54) is 19.5 Å². The first kappa shape index (κ1) is 24.9. The predicted molar refractivity (Wildman–Crippen MR) is 116 cm³/mol. The normalized spacial score (nSPS) is 19.3. The Kier molecular flexibility index (Phi) is 8.81. The summed E-state index contributed by atoms with van der Waals surface area (Å²) < 4.78 is 11.1. The lowest BCUT2D eigenvalue weighted by molar-refractivity contribution is -0.0202. The molecule has 0 aromatic carbocycles. The summed E-state index contributed by atoms with van der Waals surface area (Å²) in [4.78, 5) is 5.37. The predicted octanol–water partition coefficient (Wildman–Crippen LogP) is 4.68. The summed E-state index contributed by atoms with van der Waals surface area (Å²) in [7, 11) is 3.64. The van der Waals surface area contributed by atoms with Crippen LogP contribution in [0.1, 0.15) is 74.7 Å². The van der Waals surface area contributed by atoms with Crippen molar-refractivity contribution in [3.05, 3.63) is 0 Å². The molecule has 0 aromatic rings. The molecule has 0 amide bonds. The van der Waals surface area contributed by atoms with E-state index in [0.29, 0.717) is 0 Å². The summed E-state index contributed by atoms with van der Waals surface area (Å²) in [6.07, 6.45) is 3.48. The van der Waals surface area contributed by atoms with Crippen LogP contribution < -0.4 is 0 Å². The highest BCUT2D eigenvalue weighted by Crippen LogP contribution is 2.34. The third-order valence-corrected chi connectivity index (χ3v) is 6.00. The van der Waals surface area contributed by atoms with E-state index in [0.717, 1.165) is 39.1 Å². The van der Waals surface area contributed by atoms with Crippen molar-refractivity contribution in [2.24, 2.45) is 10.8 Å². The summed E-state index contributed by atoms with van der Waals surface area (Å²) >= 11 is 0. The summed E-state index contributed by atoms with van der Waals surface area (Å²) in [6, 6.07) is 0. The summed E-state index contributed by atoms with van der Waals surface area (Å²) in [5.74, 6) is 0. The maximum Gasteiger partial charge on any atom is 0.0628 e. The minimum absolute atomic E-state index is 0.0592. The molecule has 0 aliphatic carbocycles. The van der Waals surface area contributed by atoms with Gasteiger partial charge in [0.05, 0.1) is 12.2 Å². The SMILES string of the molecule is COCC(C)(C)CC(C)(C)N1CCCN(CC(C)(C)CC(C)(C)OC)CC1. The number of hydrogen-bond acceptors (Lipinski definition) is 4. The minimum atomic E-state index is -0.0592. The van der Waals surface area contributed by atoms with Crippen molar-refractivity contribution in [2.75, 3.05) is 53.6 Å². The van der Waals surface area contributed by atoms with Gasteiger partial charge in [-0.15, -0.1) is 0 Å². The van der Waals surface area contributed by atoms with Crippen LogP contribution in [0.4, 0.5) is 0 Å². The highest BCUT2D eigenvalue weighted by molar-refractivity contribution is 4.90. The standard InChI is InChI=1S/C23H48N2O2/c1-20(2,17-23(7,8)27-10)18-24-12-11-13-25(15-14-24)22(5,6)16-21(3,4)19-26-9/h11-19H2,1-10H3. The molecule has 162 valence electrons. The highest BCUT2D eigenvalue weighted by Gasteiger charge is 2.36. The molecule has 0 spiro atoms. The zero-order valence-corrected chi connectivity index (χ0v) is 20.1. The van der Waals surface area contributed by atoms with Gasteiger partial charge in [-0.3, -0.25) is 4.90 Å². The molecule has 4 nitrogen and oxygen atoms in total. The lowest BCUT2D eigenvalue weighted by atomic mass is 9.79. The third-order valence-electron chi connectivity index (χ3n) is 6.00. The molecule has 1 saturated heterocycles. The van der Waals surface area contributed by atoms with Gasteiger partial charge in [0.25, 0.3) is 0 Å². The first-order valence-corrected chi connectivity index (χ1v) is 10.7. The molecule has 0 N–H and O–H groups in total. The van der Waals surface area contributed by atoms with Crippen LogP contribution in [-0.2, 0) is 9.47 Å². The Balaban J connectivity index is 2.65. The number of methoxy groups -OCH3 is 2. The Morgan fingerprint density at radius 3 is 1.93 bits per heavy atom. The lowest BCUT2D eigenvalue weighted by Gasteiger charge is -2.43. The second-order valence-corrected chi connectivity index (χ2v) is 11.5. The van der Waals surface area contributed by atoms with Crippen molar-refractivity contribution in [3.8, 4) is 0 Å².